The number of hydrogen-bond acceptors (Lipinski definition) is 4. The van der Waals surface area contributed by atoms with Crippen LogP contribution in [0.25, 0.3) is 0 Å². The van der Waals surface area contributed by atoms with Crippen molar-refractivity contribution >= 4 is 0 Å². The molecule has 1 N–H and O–H groups in total. The fourth-order valence-corrected chi connectivity index (χ4v) is 2.45. The van der Waals surface area contributed by atoms with Crippen LogP contribution < -0.4 is 5.32 Å². The molecule has 0 saturated carbocycles. The number of nitrogens with zero attached hydrogens (tertiary/aromatic N) is 1. The molecule has 0 aliphatic carbocycles. The zero-order chi connectivity index (χ0) is 13.4. The van der Waals surface area contributed by atoms with E-state index in [0.29, 0.717) is 19.3 Å². The number of methoxy groups -OCH3 is 1. The highest BCUT2D eigenvalue weighted by atomic mass is 16.5. The van der Waals surface area contributed by atoms with Crippen molar-refractivity contribution in [3.63, 3.8) is 0 Å². The van der Waals surface area contributed by atoms with Crippen molar-refractivity contribution in [2.45, 2.75) is 45.2 Å². The molecule has 0 bridgehead atoms. The van der Waals surface area contributed by atoms with Gasteiger partial charge >= 0.3 is 0 Å². The smallest absolute Gasteiger partial charge is 0.0700 e. The Hall–Kier alpha value is -0.160. The van der Waals surface area contributed by atoms with E-state index in [-0.39, 0.29) is 5.54 Å². The molecule has 1 heterocycles. The minimum absolute atomic E-state index is 0.262. The number of piperazine rings is 1. The summed E-state index contributed by atoms with van der Waals surface area (Å²) in [5, 5.41) is 3.68. The average molecular weight is 258 g/mol. The first-order valence-electron chi connectivity index (χ1n) is 7.21. The molecule has 2 unspecified atom stereocenters. The normalized spacial score (nSPS) is 29.7. The monoisotopic (exact) mass is 258 g/mol. The molecule has 4 nitrogen and oxygen atoms in total. The van der Waals surface area contributed by atoms with Crippen LogP contribution in [0.4, 0.5) is 0 Å². The Morgan fingerprint density at radius 1 is 1.28 bits per heavy atom. The summed E-state index contributed by atoms with van der Waals surface area (Å²) in [6.07, 6.45) is 2.37. The van der Waals surface area contributed by atoms with E-state index < -0.39 is 0 Å². The molecule has 2 atom stereocenters. The van der Waals surface area contributed by atoms with Gasteiger partial charge in [-0.1, -0.05) is 13.8 Å². The summed E-state index contributed by atoms with van der Waals surface area (Å²) in [6, 6.07) is 0.649. The fraction of sp³-hybridized carbons (Fsp3) is 1.00. The highest BCUT2D eigenvalue weighted by Crippen LogP contribution is 2.19. The third-order valence-electron chi connectivity index (χ3n) is 4.04. The van der Waals surface area contributed by atoms with Gasteiger partial charge in [0.15, 0.2) is 0 Å². The van der Waals surface area contributed by atoms with Crippen LogP contribution in [0, 0.1) is 0 Å². The van der Waals surface area contributed by atoms with E-state index in [0.717, 1.165) is 26.2 Å². The molecule has 18 heavy (non-hydrogen) atoms. The van der Waals surface area contributed by atoms with Gasteiger partial charge in [-0.25, -0.2) is 0 Å². The quantitative estimate of drug-likeness (QED) is 0.669. The topological polar surface area (TPSA) is 33.7 Å². The van der Waals surface area contributed by atoms with Crippen LogP contribution in [-0.2, 0) is 9.47 Å². The van der Waals surface area contributed by atoms with E-state index in [1.807, 2.05) is 0 Å². The molecule has 0 aromatic heterocycles. The van der Waals surface area contributed by atoms with E-state index in [2.05, 4.69) is 31.0 Å². The Balaban J connectivity index is 2.33. The predicted molar refractivity (Wildman–Crippen MR) is 75.0 cm³/mol. The molecule has 1 saturated heterocycles. The maximum absolute atomic E-state index is 5.58. The zero-order valence-corrected chi connectivity index (χ0v) is 12.5. The van der Waals surface area contributed by atoms with E-state index in [1.165, 1.54) is 12.8 Å². The highest BCUT2D eigenvalue weighted by molar-refractivity contribution is 4.93. The van der Waals surface area contributed by atoms with Crippen LogP contribution >= 0.6 is 0 Å². The van der Waals surface area contributed by atoms with Crippen LogP contribution in [0.15, 0.2) is 0 Å². The highest BCUT2D eigenvalue weighted by Gasteiger charge is 2.33. The maximum atomic E-state index is 5.58. The van der Waals surface area contributed by atoms with Crippen molar-refractivity contribution in [3.05, 3.63) is 0 Å². The SMILES string of the molecule is CCC1CNC(C)(CC)CN1CCOCCOC. The third-order valence-corrected chi connectivity index (χ3v) is 4.04. The molecular formula is C14H30N2O2. The molecule has 1 rings (SSSR count). The van der Waals surface area contributed by atoms with Crippen LogP contribution in [-0.4, -0.2) is 63.0 Å². The van der Waals surface area contributed by atoms with Gasteiger partial charge in [-0.3, -0.25) is 4.90 Å². The first-order valence-corrected chi connectivity index (χ1v) is 7.21. The molecule has 1 aliphatic rings. The zero-order valence-electron chi connectivity index (χ0n) is 12.5. The Labute approximate surface area is 112 Å². The molecule has 1 aliphatic heterocycles. The van der Waals surface area contributed by atoms with Gasteiger partial charge in [0, 0.05) is 38.3 Å². The van der Waals surface area contributed by atoms with Crippen LogP contribution in [0.5, 0.6) is 0 Å². The maximum Gasteiger partial charge on any atom is 0.0700 e. The second kappa shape index (κ2) is 8.10. The van der Waals surface area contributed by atoms with Crippen molar-refractivity contribution < 1.29 is 9.47 Å². The lowest BCUT2D eigenvalue weighted by molar-refractivity contribution is 0.0261. The van der Waals surface area contributed by atoms with E-state index >= 15 is 0 Å². The van der Waals surface area contributed by atoms with E-state index in [9.17, 15) is 0 Å². The molecule has 0 spiro atoms. The molecule has 4 heteroatoms. The number of hydrogen-bond donors (Lipinski definition) is 1. The molecule has 0 radical (unpaired) electrons. The Kier molecular flexibility index (Phi) is 7.15. The first kappa shape index (κ1) is 15.9. The Bertz CT molecular complexity index is 226. The first-order chi connectivity index (χ1) is 8.65. The van der Waals surface area contributed by atoms with Gasteiger partial charge < -0.3 is 14.8 Å². The molecule has 0 aromatic carbocycles. The van der Waals surface area contributed by atoms with Crippen molar-refractivity contribution in [1.82, 2.24) is 10.2 Å². The van der Waals surface area contributed by atoms with Crippen molar-refractivity contribution in [2.75, 3.05) is 46.6 Å². The Morgan fingerprint density at radius 3 is 2.67 bits per heavy atom. The Morgan fingerprint density at radius 2 is 2.06 bits per heavy atom. The summed E-state index contributed by atoms with van der Waals surface area (Å²) in [6.45, 7) is 12.3. The second-order valence-electron chi connectivity index (χ2n) is 5.43. The molecule has 108 valence electrons. The van der Waals surface area contributed by atoms with Gasteiger partial charge in [0.05, 0.1) is 19.8 Å². The van der Waals surface area contributed by atoms with Gasteiger partial charge in [-0.15, -0.1) is 0 Å². The molecule has 0 amide bonds. The number of ether oxygens (including phenoxy) is 2. The summed E-state index contributed by atoms with van der Waals surface area (Å²) in [5.41, 5.74) is 0.262. The van der Waals surface area contributed by atoms with Gasteiger partial charge in [0.2, 0.25) is 0 Å². The summed E-state index contributed by atoms with van der Waals surface area (Å²) in [7, 11) is 1.71. The molecular weight excluding hydrogens is 228 g/mol. The molecule has 0 aromatic rings. The van der Waals surface area contributed by atoms with Gasteiger partial charge in [-0.05, 0) is 19.8 Å². The average Bonchev–Trinajstić information content (AvgIpc) is 2.39. The molecule has 1 fully saturated rings. The van der Waals surface area contributed by atoms with E-state index in [1.54, 1.807) is 7.11 Å². The lowest BCUT2D eigenvalue weighted by atomic mass is 9.93. The lowest BCUT2D eigenvalue weighted by Crippen LogP contribution is -2.62. The standard InChI is InChI=1S/C14H30N2O2/c1-5-13-11-15-14(3,6-2)12-16(13)7-8-18-10-9-17-4/h13,15H,5-12H2,1-4H3. The van der Waals surface area contributed by atoms with Gasteiger partial charge in [0.25, 0.3) is 0 Å². The minimum atomic E-state index is 0.262. The summed E-state index contributed by atoms with van der Waals surface area (Å²) in [5.74, 6) is 0. The predicted octanol–water partition coefficient (Wildman–Crippen LogP) is 1.50. The number of rotatable bonds is 8. The summed E-state index contributed by atoms with van der Waals surface area (Å²) < 4.78 is 10.6. The van der Waals surface area contributed by atoms with Gasteiger partial charge in [0.1, 0.15) is 0 Å². The van der Waals surface area contributed by atoms with Crippen molar-refractivity contribution in [1.29, 1.82) is 0 Å². The third kappa shape index (κ3) is 4.84. The van der Waals surface area contributed by atoms with Crippen LogP contribution in [0.3, 0.4) is 0 Å². The summed E-state index contributed by atoms with van der Waals surface area (Å²) >= 11 is 0. The van der Waals surface area contributed by atoms with Crippen molar-refractivity contribution in [3.8, 4) is 0 Å². The number of nitrogens with one attached hydrogen (secondary N) is 1. The minimum Gasteiger partial charge on any atom is -0.382 e. The largest absolute Gasteiger partial charge is 0.382 e. The van der Waals surface area contributed by atoms with Crippen molar-refractivity contribution in [2.24, 2.45) is 0 Å². The second-order valence-corrected chi connectivity index (χ2v) is 5.43. The lowest BCUT2D eigenvalue weighted by Gasteiger charge is -2.46. The van der Waals surface area contributed by atoms with E-state index in [4.69, 9.17) is 9.47 Å². The summed E-state index contributed by atoms with van der Waals surface area (Å²) in [4.78, 5) is 2.58. The van der Waals surface area contributed by atoms with Gasteiger partial charge in [-0.2, -0.15) is 0 Å². The van der Waals surface area contributed by atoms with Crippen LogP contribution in [0.2, 0.25) is 0 Å². The van der Waals surface area contributed by atoms with Crippen LogP contribution in [0.1, 0.15) is 33.6 Å². The fourth-order valence-electron chi connectivity index (χ4n) is 2.45.